The highest BCUT2D eigenvalue weighted by atomic mass is 32.1. The standard InChI is InChI=1S/C22H23N3O2S/c1-15(2)12-23-22-25(19(14-28-22)18-8-5-16(3)6-9-18)24-13-17-7-10-21(27-4)20(26)11-17/h5-11,13-14,26H,1,12H2,2-4H3. The Bertz CT molecular complexity index is 1080. The molecule has 0 aliphatic carbocycles. The summed E-state index contributed by atoms with van der Waals surface area (Å²) in [6.45, 7) is 8.48. The summed E-state index contributed by atoms with van der Waals surface area (Å²) in [5.74, 6) is 0.505. The van der Waals surface area contributed by atoms with E-state index in [0.717, 1.165) is 27.2 Å². The SMILES string of the molecule is C=C(C)CN=c1scc(-c2ccc(C)cc2)n1N=Cc1ccc(OC)c(O)c1. The molecule has 0 radical (unpaired) electrons. The number of thiazole rings is 1. The molecule has 5 nitrogen and oxygen atoms in total. The molecule has 3 rings (SSSR count). The van der Waals surface area contributed by atoms with E-state index < -0.39 is 0 Å². The van der Waals surface area contributed by atoms with Crippen molar-refractivity contribution in [2.75, 3.05) is 13.7 Å². The summed E-state index contributed by atoms with van der Waals surface area (Å²) in [4.78, 5) is 5.41. The third-order valence-electron chi connectivity index (χ3n) is 4.04. The van der Waals surface area contributed by atoms with E-state index in [1.807, 2.05) is 23.0 Å². The first-order valence-corrected chi connectivity index (χ1v) is 9.69. The molecule has 0 amide bonds. The van der Waals surface area contributed by atoms with Crippen LogP contribution in [-0.4, -0.2) is 29.7 Å². The van der Waals surface area contributed by atoms with Crippen LogP contribution in [0.25, 0.3) is 11.3 Å². The fourth-order valence-electron chi connectivity index (χ4n) is 2.56. The van der Waals surface area contributed by atoms with E-state index in [9.17, 15) is 5.11 Å². The Kier molecular flexibility index (Phi) is 6.11. The molecule has 3 aromatic rings. The van der Waals surface area contributed by atoms with Crippen molar-refractivity contribution in [3.63, 3.8) is 0 Å². The second-order valence-corrected chi connectivity index (χ2v) is 7.37. The lowest BCUT2D eigenvalue weighted by molar-refractivity contribution is 0.373. The summed E-state index contributed by atoms with van der Waals surface area (Å²) in [7, 11) is 1.52. The van der Waals surface area contributed by atoms with Crippen LogP contribution in [0.3, 0.4) is 0 Å². The molecule has 1 heterocycles. The van der Waals surface area contributed by atoms with Crippen LogP contribution in [0.1, 0.15) is 18.1 Å². The van der Waals surface area contributed by atoms with E-state index in [1.165, 1.54) is 24.0 Å². The first-order valence-electron chi connectivity index (χ1n) is 8.81. The number of aromatic hydroxyl groups is 1. The van der Waals surface area contributed by atoms with Gasteiger partial charge in [0.1, 0.15) is 0 Å². The summed E-state index contributed by atoms with van der Waals surface area (Å²) in [6, 6.07) is 13.5. The molecular formula is C22H23N3O2S. The summed E-state index contributed by atoms with van der Waals surface area (Å²) in [5.41, 5.74) is 4.97. The highest BCUT2D eigenvalue weighted by Crippen LogP contribution is 2.26. The largest absolute Gasteiger partial charge is 0.504 e. The highest BCUT2D eigenvalue weighted by Gasteiger charge is 2.08. The molecule has 0 saturated carbocycles. The Labute approximate surface area is 168 Å². The topological polar surface area (TPSA) is 59.1 Å². The number of benzene rings is 2. The highest BCUT2D eigenvalue weighted by molar-refractivity contribution is 7.07. The molecular weight excluding hydrogens is 370 g/mol. The summed E-state index contributed by atoms with van der Waals surface area (Å²) in [6.07, 6.45) is 1.70. The number of methoxy groups -OCH3 is 1. The zero-order valence-corrected chi connectivity index (χ0v) is 17.0. The van der Waals surface area contributed by atoms with Gasteiger partial charge in [-0.1, -0.05) is 42.0 Å². The zero-order chi connectivity index (χ0) is 20.1. The molecule has 0 atom stereocenters. The minimum Gasteiger partial charge on any atom is -0.504 e. The summed E-state index contributed by atoms with van der Waals surface area (Å²) >= 11 is 1.53. The number of aryl methyl sites for hydroxylation is 1. The molecule has 1 N–H and O–H groups in total. The van der Waals surface area contributed by atoms with E-state index >= 15 is 0 Å². The predicted molar refractivity (Wildman–Crippen MR) is 115 cm³/mol. The van der Waals surface area contributed by atoms with E-state index in [2.05, 4.69) is 47.9 Å². The van der Waals surface area contributed by atoms with Gasteiger partial charge < -0.3 is 9.84 Å². The van der Waals surface area contributed by atoms with Gasteiger partial charge in [0.25, 0.3) is 0 Å². The van der Waals surface area contributed by atoms with Gasteiger partial charge in [0.2, 0.25) is 4.80 Å². The van der Waals surface area contributed by atoms with Crippen molar-refractivity contribution >= 4 is 17.6 Å². The van der Waals surface area contributed by atoms with Crippen molar-refractivity contribution in [1.82, 2.24) is 4.68 Å². The Balaban J connectivity index is 2.04. The van der Waals surface area contributed by atoms with Gasteiger partial charge in [0.15, 0.2) is 11.5 Å². The van der Waals surface area contributed by atoms with Gasteiger partial charge in [-0.05, 0) is 37.6 Å². The second-order valence-electron chi connectivity index (χ2n) is 6.53. The maximum atomic E-state index is 9.99. The van der Waals surface area contributed by atoms with Gasteiger partial charge in [-0.15, -0.1) is 11.3 Å². The smallest absolute Gasteiger partial charge is 0.206 e. The number of ether oxygens (including phenoxy) is 1. The van der Waals surface area contributed by atoms with Crippen molar-refractivity contribution in [2.45, 2.75) is 13.8 Å². The van der Waals surface area contributed by atoms with E-state index in [-0.39, 0.29) is 5.75 Å². The monoisotopic (exact) mass is 393 g/mol. The molecule has 0 aliphatic heterocycles. The average molecular weight is 394 g/mol. The van der Waals surface area contributed by atoms with Gasteiger partial charge in [-0.2, -0.15) is 5.10 Å². The maximum absolute atomic E-state index is 9.99. The van der Waals surface area contributed by atoms with Crippen LogP contribution in [0.2, 0.25) is 0 Å². The van der Waals surface area contributed by atoms with Gasteiger partial charge >= 0.3 is 0 Å². The molecule has 0 saturated heterocycles. The third-order valence-corrected chi connectivity index (χ3v) is 4.90. The predicted octanol–water partition coefficient (Wildman–Crippen LogP) is 4.60. The van der Waals surface area contributed by atoms with Crippen LogP contribution < -0.4 is 9.54 Å². The summed E-state index contributed by atoms with van der Waals surface area (Å²) < 4.78 is 6.91. The quantitative estimate of drug-likeness (QED) is 0.491. The minimum atomic E-state index is 0.0766. The number of hydrogen-bond donors (Lipinski definition) is 1. The first kappa shape index (κ1) is 19.6. The maximum Gasteiger partial charge on any atom is 0.206 e. The van der Waals surface area contributed by atoms with Crippen LogP contribution in [0.4, 0.5) is 0 Å². The average Bonchev–Trinajstić information content (AvgIpc) is 3.08. The van der Waals surface area contributed by atoms with Crippen LogP contribution >= 0.6 is 11.3 Å². The van der Waals surface area contributed by atoms with Crippen molar-refractivity contribution in [3.8, 4) is 22.8 Å². The fourth-order valence-corrected chi connectivity index (χ4v) is 3.39. The molecule has 1 aromatic heterocycles. The molecule has 0 bridgehead atoms. The molecule has 144 valence electrons. The molecule has 0 spiro atoms. The number of nitrogens with zero attached hydrogens (tertiary/aromatic N) is 3. The number of rotatable bonds is 6. The van der Waals surface area contributed by atoms with Gasteiger partial charge in [0, 0.05) is 10.9 Å². The van der Waals surface area contributed by atoms with Crippen molar-refractivity contribution in [1.29, 1.82) is 0 Å². The molecule has 0 unspecified atom stereocenters. The Morgan fingerprint density at radius 3 is 2.64 bits per heavy atom. The van der Waals surface area contributed by atoms with Gasteiger partial charge in [-0.25, -0.2) is 4.68 Å². The minimum absolute atomic E-state index is 0.0766. The fraction of sp³-hybridized carbons (Fsp3) is 0.182. The van der Waals surface area contributed by atoms with Crippen LogP contribution in [0, 0.1) is 6.92 Å². The van der Waals surface area contributed by atoms with Crippen LogP contribution in [0.15, 0.2) is 70.1 Å². The van der Waals surface area contributed by atoms with E-state index in [1.54, 1.807) is 18.3 Å². The Morgan fingerprint density at radius 1 is 1.25 bits per heavy atom. The molecule has 0 aliphatic rings. The molecule has 0 fully saturated rings. The number of phenolic OH excluding ortho intramolecular Hbond substituents is 1. The second kappa shape index (κ2) is 8.71. The van der Waals surface area contributed by atoms with Crippen LogP contribution in [-0.2, 0) is 0 Å². The number of aromatic nitrogens is 1. The van der Waals surface area contributed by atoms with E-state index in [4.69, 9.17) is 4.74 Å². The number of phenols is 1. The van der Waals surface area contributed by atoms with Gasteiger partial charge in [0.05, 0.1) is 25.6 Å². The lowest BCUT2D eigenvalue weighted by Gasteiger charge is -2.05. The van der Waals surface area contributed by atoms with Gasteiger partial charge in [-0.3, -0.25) is 4.99 Å². The normalized spacial score (nSPS) is 11.9. The zero-order valence-electron chi connectivity index (χ0n) is 16.2. The van der Waals surface area contributed by atoms with Crippen LogP contribution in [0.5, 0.6) is 11.5 Å². The lowest BCUT2D eigenvalue weighted by Crippen LogP contribution is -2.13. The summed E-state index contributed by atoms with van der Waals surface area (Å²) in [5, 5.41) is 16.7. The van der Waals surface area contributed by atoms with Crippen molar-refractivity contribution in [3.05, 3.63) is 75.9 Å². The molecule has 2 aromatic carbocycles. The first-order chi connectivity index (χ1) is 13.5. The molecule has 28 heavy (non-hydrogen) atoms. The Morgan fingerprint density at radius 2 is 2.00 bits per heavy atom. The lowest BCUT2D eigenvalue weighted by atomic mass is 10.1. The van der Waals surface area contributed by atoms with Crippen molar-refractivity contribution in [2.24, 2.45) is 10.1 Å². The van der Waals surface area contributed by atoms with E-state index in [0.29, 0.717) is 12.3 Å². The Hall–Kier alpha value is -3.12. The van der Waals surface area contributed by atoms with Crippen molar-refractivity contribution < 1.29 is 9.84 Å². The molecule has 6 heteroatoms. The number of hydrogen-bond acceptors (Lipinski definition) is 5. The third kappa shape index (κ3) is 4.58.